The topological polar surface area (TPSA) is 84.9 Å². The molecular weight excluding hydrogens is 516 g/mol. The van der Waals surface area contributed by atoms with Crippen LogP contribution in [0, 0.1) is 6.92 Å². The lowest BCUT2D eigenvalue weighted by Gasteiger charge is -2.37. The molecule has 0 bridgehead atoms. The van der Waals surface area contributed by atoms with Crippen LogP contribution in [0.15, 0.2) is 112 Å². The highest BCUT2D eigenvalue weighted by Gasteiger charge is 2.34. The van der Waals surface area contributed by atoms with Gasteiger partial charge >= 0.3 is 0 Å². The Labute approximate surface area is 238 Å². The van der Waals surface area contributed by atoms with E-state index in [1.165, 1.54) is 11.8 Å². The van der Waals surface area contributed by atoms with E-state index in [4.69, 9.17) is 13.6 Å². The minimum atomic E-state index is -0.289. The molecule has 3 aromatic carbocycles. The highest BCUT2D eigenvalue weighted by Crippen LogP contribution is 2.38. The van der Waals surface area contributed by atoms with Crippen molar-refractivity contribution in [2.24, 2.45) is 0 Å². The zero-order valence-corrected chi connectivity index (χ0v) is 22.7. The molecule has 0 spiro atoms. The van der Waals surface area contributed by atoms with E-state index in [0.717, 1.165) is 28.7 Å². The smallest absolute Gasteiger partial charge is 0.290 e. The lowest BCUT2D eigenvalue weighted by molar-refractivity contribution is 0.0661. The Morgan fingerprint density at radius 3 is 2.61 bits per heavy atom. The van der Waals surface area contributed by atoms with Gasteiger partial charge in [-0.05, 0) is 72.0 Å². The first-order chi connectivity index (χ1) is 20.0. The fraction of sp³-hybridized carbons (Fsp3) is 0.176. The van der Waals surface area contributed by atoms with E-state index < -0.39 is 0 Å². The lowest BCUT2D eigenvalue weighted by atomic mass is 9.87. The van der Waals surface area contributed by atoms with E-state index in [1.807, 2.05) is 66.4 Å². The maximum absolute atomic E-state index is 13.5. The summed E-state index contributed by atoms with van der Waals surface area (Å²) in [5, 5.41) is 2.87. The maximum Gasteiger partial charge on any atom is 0.290 e. The predicted molar refractivity (Wildman–Crippen MR) is 154 cm³/mol. The molecule has 5 aromatic rings. The van der Waals surface area contributed by atoms with Crippen LogP contribution in [0.5, 0.6) is 5.75 Å². The molecule has 1 N–H and O–H groups in total. The molecule has 1 aliphatic heterocycles. The molecule has 2 aromatic heterocycles. The van der Waals surface area contributed by atoms with Gasteiger partial charge in [-0.2, -0.15) is 0 Å². The normalized spacial score (nSPS) is 14.4. The summed E-state index contributed by atoms with van der Waals surface area (Å²) in [5.41, 5.74) is 5.34. The van der Waals surface area contributed by atoms with Gasteiger partial charge < -0.3 is 23.8 Å². The van der Waals surface area contributed by atoms with Crippen molar-refractivity contribution in [2.45, 2.75) is 32.5 Å². The highest BCUT2D eigenvalue weighted by atomic mass is 16.5. The monoisotopic (exact) mass is 546 g/mol. The molecule has 206 valence electrons. The zero-order chi connectivity index (χ0) is 28.2. The molecule has 7 nitrogen and oxygen atoms in total. The number of aryl methyl sites for hydroxylation is 1. The van der Waals surface area contributed by atoms with Gasteiger partial charge in [-0.15, -0.1) is 0 Å². The van der Waals surface area contributed by atoms with Crippen LogP contribution in [0.2, 0.25) is 0 Å². The average Bonchev–Trinajstić information content (AvgIpc) is 3.71. The second-order valence-corrected chi connectivity index (χ2v) is 10.1. The minimum Gasteiger partial charge on any atom is -0.486 e. The standard InChI is InChI=1S/C34H30N2O5/c1-23-7-5-10-26(19-23)32-29-20-27(13-12-25(29)16-17-36(32)34(38)31-11-6-18-39-31)40-22-28-14-15-30(41-28)33(37)35-21-24-8-3-2-4-9-24/h2-15,18-20,32H,16-17,21-22H2,1H3,(H,35,37). The van der Waals surface area contributed by atoms with Gasteiger partial charge in [0, 0.05) is 13.1 Å². The number of fused-ring (bicyclic) bond motifs is 1. The van der Waals surface area contributed by atoms with Crippen molar-refractivity contribution in [1.29, 1.82) is 0 Å². The second kappa shape index (κ2) is 11.6. The molecule has 1 atom stereocenters. The van der Waals surface area contributed by atoms with Crippen molar-refractivity contribution in [2.75, 3.05) is 6.54 Å². The Kier molecular flexibility index (Phi) is 7.41. The van der Waals surface area contributed by atoms with Crippen molar-refractivity contribution in [3.05, 3.63) is 148 Å². The largest absolute Gasteiger partial charge is 0.486 e. The molecule has 0 saturated heterocycles. The fourth-order valence-electron chi connectivity index (χ4n) is 5.24. The summed E-state index contributed by atoms with van der Waals surface area (Å²) in [5.74, 6) is 1.32. The van der Waals surface area contributed by atoms with E-state index >= 15 is 0 Å². The Morgan fingerprint density at radius 2 is 1.80 bits per heavy atom. The molecule has 6 rings (SSSR count). The molecule has 0 aliphatic carbocycles. The second-order valence-electron chi connectivity index (χ2n) is 10.1. The molecule has 41 heavy (non-hydrogen) atoms. The summed E-state index contributed by atoms with van der Waals surface area (Å²) in [6, 6.07) is 30.5. The summed E-state index contributed by atoms with van der Waals surface area (Å²) >= 11 is 0. The Hall–Kier alpha value is -5.04. The number of carbonyl (C=O) groups is 2. The van der Waals surface area contributed by atoms with Gasteiger partial charge in [0.15, 0.2) is 11.5 Å². The van der Waals surface area contributed by atoms with Gasteiger partial charge in [0.2, 0.25) is 0 Å². The van der Waals surface area contributed by atoms with Crippen LogP contribution in [0.1, 0.15) is 60.7 Å². The van der Waals surface area contributed by atoms with Crippen LogP contribution >= 0.6 is 0 Å². The number of carbonyl (C=O) groups excluding carboxylic acids is 2. The van der Waals surface area contributed by atoms with Crippen LogP contribution in [0.25, 0.3) is 0 Å². The van der Waals surface area contributed by atoms with E-state index in [1.54, 1.807) is 24.3 Å². The first-order valence-corrected chi connectivity index (χ1v) is 13.6. The van der Waals surface area contributed by atoms with Gasteiger partial charge in [0.1, 0.15) is 18.1 Å². The van der Waals surface area contributed by atoms with E-state index in [-0.39, 0.29) is 30.2 Å². The number of rotatable bonds is 8. The van der Waals surface area contributed by atoms with Crippen LogP contribution < -0.4 is 10.1 Å². The molecule has 0 saturated carbocycles. The van der Waals surface area contributed by atoms with E-state index in [9.17, 15) is 9.59 Å². The van der Waals surface area contributed by atoms with Gasteiger partial charge in [0.25, 0.3) is 11.8 Å². The third kappa shape index (κ3) is 5.79. The van der Waals surface area contributed by atoms with Crippen LogP contribution in [-0.2, 0) is 19.6 Å². The number of hydrogen-bond acceptors (Lipinski definition) is 5. The molecule has 3 heterocycles. The third-order valence-electron chi connectivity index (χ3n) is 7.26. The molecule has 2 amide bonds. The van der Waals surface area contributed by atoms with E-state index in [0.29, 0.717) is 30.4 Å². The van der Waals surface area contributed by atoms with Crippen LogP contribution in [0.4, 0.5) is 0 Å². The van der Waals surface area contributed by atoms with Gasteiger partial charge in [-0.25, -0.2) is 0 Å². The number of furan rings is 2. The zero-order valence-electron chi connectivity index (χ0n) is 22.7. The average molecular weight is 547 g/mol. The fourth-order valence-corrected chi connectivity index (χ4v) is 5.24. The van der Waals surface area contributed by atoms with E-state index in [2.05, 4.69) is 23.5 Å². The Balaban J connectivity index is 1.19. The summed E-state index contributed by atoms with van der Waals surface area (Å²) in [4.78, 5) is 27.9. The van der Waals surface area contributed by atoms with Crippen molar-refractivity contribution in [3.8, 4) is 5.75 Å². The molecule has 1 unspecified atom stereocenters. The number of benzene rings is 3. The quantitative estimate of drug-likeness (QED) is 0.241. The molecule has 1 aliphatic rings. The maximum atomic E-state index is 13.5. The number of ether oxygens (including phenoxy) is 1. The molecule has 0 fully saturated rings. The molecule has 0 radical (unpaired) electrons. The number of nitrogens with zero attached hydrogens (tertiary/aromatic N) is 1. The number of nitrogens with one attached hydrogen (secondary N) is 1. The summed E-state index contributed by atoms with van der Waals surface area (Å²) < 4.78 is 17.3. The summed E-state index contributed by atoms with van der Waals surface area (Å²) in [7, 11) is 0. The molecular formula is C34H30N2O5. The number of amides is 2. The Morgan fingerprint density at radius 1 is 0.927 bits per heavy atom. The van der Waals surface area contributed by atoms with Crippen molar-refractivity contribution in [1.82, 2.24) is 10.2 Å². The Bertz CT molecular complexity index is 1660. The van der Waals surface area contributed by atoms with Gasteiger partial charge in [-0.1, -0.05) is 66.2 Å². The third-order valence-corrected chi connectivity index (χ3v) is 7.26. The summed E-state index contributed by atoms with van der Waals surface area (Å²) in [6.45, 7) is 3.20. The SMILES string of the molecule is Cc1cccc(C2c3cc(OCc4ccc(C(=O)NCc5ccccc5)o4)ccc3CCN2C(=O)c2ccco2)c1. The van der Waals surface area contributed by atoms with Gasteiger partial charge in [-0.3, -0.25) is 9.59 Å². The van der Waals surface area contributed by atoms with Crippen molar-refractivity contribution < 1.29 is 23.2 Å². The molecule has 7 heteroatoms. The first kappa shape index (κ1) is 26.2. The van der Waals surface area contributed by atoms with Crippen molar-refractivity contribution >= 4 is 11.8 Å². The van der Waals surface area contributed by atoms with Crippen LogP contribution in [-0.4, -0.2) is 23.3 Å². The minimum absolute atomic E-state index is 0.146. The van der Waals surface area contributed by atoms with Crippen molar-refractivity contribution in [3.63, 3.8) is 0 Å². The highest BCUT2D eigenvalue weighted by molar-refractivity contribution is 5.92. The number of hydrogen-bond donors (Lipinski definition) is 1. The lowest BCUT2D eigenvalue weighted by Crippen LogP contribution is -2.40. The van der Waals surface area contributed by atoms with Gasteiger partial charge in [0.05, 0.1) is 12.3 Å². The van der Waals surface area contributed by atoms with Crippen LogP contribution in [0.3, 0.4) is 0 Å². The predicted octanol–water partition coefficient (Wildman–Crippen LogP) is 6.48. The first-order valence-electron chi connectivity index (χ1n) is 13.6. The summed E-state index contributed by atoms with van der Waals surface area (Å²) in [6.07, 6.45) is 2.25.